The van der Waals surface area contributed by atoms with Gasteiger partial charge in [-0.2, -0.15) is 0 Å². The number of aromatic amines is 1. The molecule has 82 valence electrons. The standard InChI is InChI=1S/C10H12N6/c11-16-8-6-2-1-3-7(6)14-10(15-8)9-12-4-5-13-9/h4-5H,1-3,11H2,(H,12,13)(H,14,15,16). The maximum Gasteiger partial charge on any atom is 0.197 e. The molecular weight excluding hydrogens is 204 g/mol. The lowest BCUT2D eigenvalue weighted by molar-refractivity contribution is 0.899. The molecule has 0 atom stereocenters. The number of hydrogen-bond acceptors (Lipinski definition) is 5. The van der Waals surface area contributed by atoms with Crippen LogP contribution in [-0.4, -0.2) is 19.9 Å². The second-order valence-electron chi connectivity index (χ2n) is 3.76. The predicted octanol–water partition coefficient (Wildman–Crippen LogP) is 0.641. The first kappa shape index (κ1) is 9.29. The van der Waals surface area contributed by atoms with Crippen LogP contribution in [0.5, 0.6) is 0 Å². The Hall–Kier alpha value is -1.95. The van der Waals surface area contributed by atoms with Gasteiger partial charge < -0.3 is 10.4 Å². The largest absolute Gasteiger partial charge is 0.342 e. The highest BCUT2D eigenvalue weighted by Gasteiger charge is 2.19. The van der Waals surface area contributed by atoms with Crippen molar-refractivity contribution in [2.75, 3.05) is 5.43 Å². The molecular formula is C10H12N6. The Morgan fingerprint density at radius 3 is 3.00 bits per heavy atom. The van der Waals surface area contributed by atoms with E-state index in [-0.39, 0.29) is 0 Å². The molecule has 0 fully saturated rings. The average molecular weight is 216 g/mol. The van der Waals surface area contributed by atoms with Crippen LogP contribution in [0.4, 0.5) is 5.82 Å². The summed E-state index contributed by atoms with van der Waals surface area (Å²) in [5, 5.41) is 0. The van der Waals surface area contributed by atoms with Gasteiger partial charge in [-0.25, -0.2) is 20.8 Å². The van der Waals surface area contributed by atoms with Crippen LogP contribution in [0.2, 0.25) is 0 Å². The molecule has 0 aliphatic heterocycles. The number of anilines is 1. The van der Waals surface area contributed by atoms with Crippen molar-refractivity contribution in [3.05, 3.63) is 23.7 Å². The minimum atomic E-state index is 0.596. The average Bonchev–Trinajstić information content (AvgIpc) is 2.97. The van der Waals surface area contributed by atoms with Crippen LogP contribution < -0.4 is 11.3 Å². The molecule has 4 N–H and O–H groups in total. The third-order valence-electron chi connectivity index (χ3n) is 2.78. The van der Waals surface area contributed by atoms with Gasteiger partial charge in [0.05, 0.1) is 0 Å². The number of H-pyrrole nitrogens is 1. The Labute approximate surface area is 92.3 Å². The van der Waals surface area contributed by atoms with Crippen LogP contribution >= 0.6 is 0 Å². The van der Waals surface area contributed by atoms with Crippen molar-refractivity contribution < 1.29 is 0 Å². The number of nitrogen functional groups attached to an aromatic ring is 1. The summed E-state index contributed by atoms with van der Waals surface area (Å²) in [6, 6.07) is 0. The number of hydrogen-bond donors (Lipinski definition) is 3. The highest BCUT2D eigenvalue weighted by atomic mass is 15.3. The molecule has 6 heteroatoms. The lowest BCUT2D eigenvalue weighted by atomic mass is 10.2. The smallest absolute Gasteiger partial charge is 0.197 e. The topological polar surface area (TPSA) is 92.5 Å². The van der Waals surface area contributed by atoms with Gasteiger partial charge in [0, 0.05) is 23.7 Å². The van der Waals surface area contributed by atoms with E-state index in [1.807, 2.05) is 0 Å². The van der Waals surface area contributed by atoms with Crippen molar-refractivity contribution in [3.63, 3.8) is 0 Å². The minimum absolute atomic E-state index is 0.596. The van der Waals surface area contributed by atoms with Crippen molar-refractivity contribution in [1.82, 2.24) is 19.9 Å². The molecule has 0 saturated heterocycles. The number of aromatic nitrogens is 4. The maximum atomic E-state index is 5.47. The van der Waals surface area contributed by atoms with Gasteiger partial charge in [-0.3, -0.25) is 0 Å². The molecule has 1 aliphatic rings. The van der Waals surface area contributed by atoms with Gasteiger partial charge in [-0.15, -0.1) is 0 Å². The van der Waals surface area contributed by atoms with E-state index in [0.29, 0.717) is 17.5 Å². The van der Waals surface area contributed by atoms with Gasteiger partial charge >= 0.3 is 0 Å². The number of imidazole rings is 1. The quantitative estimate of drug-likeness (QED) is 0.506. The molecule has 6 nitrogen and oxygen atoms in total. The van der Waals surface area contributed by atoms with Crippen molar-refractivity contribution in [2.24, 2.45) is 5.84 Å². The van der Waals surface area contributed by atoms with E-state index in [0.717, 1.165) is 30.5 Å². The molecule has 0 bridgehead atoms. The third kappa shape index (κ3) is 1.35. The van der Waals surface area contributed by atoms with Crippen molar-refractivity contribution in [3.8, 4) is 11.6 Å². The van der Waals surface area contributed by atoms with Gasteiger partial charge in [-0.1, -0.05) is 0 Å². The molecule has 0 saturated carbocycles. The van der Waals surface area contributed by atoms with Crippen molar-refractivity contribution in [1.29, 1.82) is 0 Å². The lowest BCUT2D eigenvalue weighted by Gasteiger charge is -2.07. The maximum absolute atomic E-state index is 5.47. The van der Waals surface area contributed by atoms with E-state index in [1.54, 1.807) is 12.4 Å². The zero-order valence-electron chi connectivity index (χ0n) is 8.70. The first-order valence-electron chi connectivity index (χ1n) is 5.24. The first-order valence-corrected chi connectivity index (χ1v) is 5.24. The van der Waals surface area contributed by atoms with Gasteiger partial charge in [-0.05, 0) is 19.3 Å². The van der Waals surface area contributed by atoms with E-state index in [9.17, 15) is 0 Å². The highest BCUT2D eigenvalue weighted by Crippen LogP contribution is 2.27. The Balaban J connectivity index is 2.15. The molecule has 16 heavy (non-hydrogen) atoms. The fourth-order valence-corrected chi connectivity index (χ4v) is 2.05. The van der Waals surface area contributed by atoms with Crippen LogP contribution in [0.1, 0.15) is 17.7 Å². The van der Waals surface area contributed by atoms with Crippen molar-refractivity contribution in [2.45, 2.75) is 19.3 Å². The molecule has 0 amide bonds. The molecule has 0 aromatic carbocycles. The third-order valence-corrected chi connectivity index (χ3v) is 2.78. The van der Waals surface area contributed by atoms with E-state index in [4.69, 9.17) is 5.84 Å². The zero-order chi connectivity index (χ0) is 11.0. The Morgan fingerprint density at radius 2 is 2.25 bits per heavy atom. The number of nitrogens with zero attached hydrogens (tertiary/aromatic N) is 3. The van der Waals surface area contributed by atoms with E-state index < -0.39 is 0 Å². The van der Waals surface area contributed by atoms with E-state index in [1.165, 1.54) is 0 Å². The fraction of sp³-hybridized carbons (Fsp3) is 0.300. The molecule has 2 heterocycles. The zero-order valence-corrected chi connectivity index (χ0v) is 8.70. The number of hydrazine groups is 1. The summed E-state index contributed by atoms with van der Waals surface area (Å²) in [5.41, 5.74) is 4.85. The molecule has 3 rings (SSSR count). The second-order valence-corrected chi connectivity index (χ2v) is 3.76. The van der Waals surface area contributed by atoms with Gasteiger partial charge in [0.1, 0.15) is 5.82 Å². The summed E-state index contributed by atoms with van der Waals surface area (Å²) in [4.78, 5) is 16.0. The van der Waals surface area contributed by atoms with E-state index >= 15 is 0 Å². The summed E-state index contributed by atoms with van der Waals surface area (Å²) in [6.07, 6.45) is 6.52. The minimum Gasteiger partial charge on any atom is -0.342 e. The molecule has 2 aromatic heterocycles. The summed E-state index contributed by atoms with van der Waals surface area (Å²) >= 11 is 0. The summed E-state index contributed by atoms with van der Waals surface area (Å²) in [5.74, 6) is 7.46. The molecule has 2 aromatic rings. The van der Waals surface area contributed by atoms with Crippen LogP contribution in [0, 0.1) is 0 Å². The van der Waals surface area contributed by atoms with E-state index in [2.05, 4.69) is 25.4 Å². The summed E-state index contributed by atoms with van der Waals surface area (Å²) in [7, 11) is 0. The highest BCUT2D eigenvalue weighted by molar-refractivity contribution is 5.55. The van der Waals surface area contributed by atoms with Gasteiger partial charge in [0.15, 0.2) is 11.6 Å². The number of aryl methyl sites for hydroxylation is 1. The Bertz CT molecular complexity index is 504. The molecule has 1 aliphatic carbocycles. The molecule has 0 unspecified atom stereocenters. The Morgan fingerprint density at radius 1 is 1.31 bits per heavy atom. The Kier molecular flexibility index (Phi) is 2.07. The summed E-state index contributed by atoms with van der Waals surface area (Å²) < 4.78 is 0. The fourth-order valence-electron chi connectivity index (χ4n) is 2.05. The number of fused-ring (bicyclic) bond motifs is 1. The lowest BCUT2D eigenvalue weighted by Crippen LogP contribution is -2.13. The number of rotatable bonds is 2. The van der Waals surface area contributed by atoms with Gasteiger partial charge in [0.2, 0.25) is 0 Å². The van der Waals surface area contributed by atoms with Gasteiger partial charge in [0.25, 0.3) is 0 Å². The first-order chi connectivity index (χ1) is 7.88. The van der Waals surface area contributed by atoms with Crippen LogP contribution in [0.25, 0.3) is 11.6 Å². The SMILES string of the molecule is NNc1nc(-c2ncc[nH]2)nc2c1CCC2. The van der Waals surface area contributed by atoms with Crippen LogP contribution in [0.15, 0.2) is 12.4 Å². The van der Waals surface area contributed by atoms with Crippen molar-refractivity contribution >= 4 is 5.82 Å². The molecule has 0 radical (unpaired) electrons. The van der Waals surface area contributed by atoms with Crippen LogP contribution in [-0.2, 0) is 12.8 Å². The second kappa shape index (κ2) is 3.57. The normalized spacial score (nSPS) is 13.8. The number of nitrogens with one attached hydrogen (secondary N) is 2. The number of nitrogens with two attached hydrogens (primary N) is 1. The monoisotopic (exact) mass is 216 g/mol. The predicted molar refractivity (Wildman–Crippen MR) is 59.4 cm³/mol. The summed E-state index contributed by atoms with van der Waals surface area (Å²) in [6.45, 7) is 0. The van der Waals surface area contributed by atoms with Crippen LogP contribution in [0.3, 0.4) is 0 Å². The molecule has 0 spiro atoms.